The van der Waals surface area contributed by atoms with E-state index in [0.717, 1.165) is 6.42 Å². The lowest BCUT2D eigenvalue weighted by Gasteiger charge is -2.20. The molecule has 0 saturated carbocycles. The second kappa shape index (κ2) is 7.33. The van der Waals surface area contributed by atoms with Crippen molar-refractivity contribution < 1.29 is 14.3 Å². The lowest BCUT2D eigenvalue weighted by Crippen LogP contribution is -2.25. The van der Waals surface area contributed by atoms with Crippen LogP contribution in [0.25, 0.3) is 0 Å². The van der Waals surface area contributed by atoms with Gasteiger partial charge in [0.2, 0.25) is 5.91 Å². The smallest absolute Gasteiger partial charge is 0.255 e. The molecule has 5 nitrogen and oxygen atoms in total. The molecule has 0 atom stereocenters. The zero-order valence-corrected chi connectivity index (χ0v) is 15.0. The summed E-state index contributed by atoms with van der Waals surface area (Å²) in [4.78, 5) is 26.3. The van der Waals surface area contributed by atoms with Crippen LogP contribution >= 0.6 is 23.2 Å². The third-order valence-corrected chi connectivity index (χ3v) is 4.54. The van der Waals surface area contributed by atoms with Gasteiger partial charge in [0.15, 0.2) is 5.75 Å². The van der Waals surface area contributed by atoms with Gasteiger partial charge in [-0.2, -0.15) is 0 Å². The molecule has 0 radical (unpaired) electrons. The van der Waals surface area contributed by atoms with Crippen LogP contribution in [-0.4, -0.2) is 25.5 Å². The molecule has 1 saturated heterocycles. The highest BCUT2D eigenvalue weighted by Gasteiger charge is 2.24. The molecule has 0 unspecified atom stereocenters. The number of para-hydroxylation sites is 2. The van der Waals surface area contributed by atoms with E-state index >= 15 is 0 Å². The molecule has 1 N–H and O–H groups in total. The number of hydrogen-bond acceptors (Lipinski definition) is 3. The first-order valence-electron chi connectivity index (χ1n) is 7.75. The molecule has 1 heterocycles. The van der Waals surface area contributed by atoms with E-state index in [4.69, 9.17) is 27.9 Å². The third-order valence-electron chi connectivity index (χ3n) is 3.98. The van der Waals surface area contributed by atoms with Gasteiger partial charge in [0, 0.05) is 18.5 Å². The molecule has 1 aliphatic heterocycles. The number of rotatable bonds is 4. The fourth-order valence-electron chi connectivity index (χ4n) is 2.80. The molecule has 130 valence electrons. The Bertz CT molecular complexity index is 816. The monoisotopic (exact) mass is 378 g/mol. The zero-order valence-electron chi connectivity index (χ0n) is 13.5. The average Bonchev–Trinajstić information content (AvgIpc) is 3.01. The maximum Gasteiger partial charge on any atom is 0.255 e. The number of nitrogens with zero attached hydrogens (tertiary/aromatic N) is 1. The summed E-state index contributed by atoms with van der Waals surface area (Å²) in [5, 5.41) is 3.33. The molecule has 0 aliphatic carbocycles. The van der Waals surface area contributed by atoms with E-state index in [1.165, 1.54) is 19.2 Å². The van der Waals surface area contributed by atoms with Gasteiger partial charge in [-0.1, -0.05) is 35.3 Å². The Hall–Kier alpha value is -2.24. The molecule has 3 rings (SSSR count). The highest BCUT2D eigenvalue weighted by molar-refractivity contribution is 6.37. The van der Waals surface area contributed by atoms with Gasteiger partial charge in [-0.15, -0.1) is 0 Å². The summed E-state index contributed by atoms with van der Waals surface area (Å²) in [7, 11) is 1.45. The van der Waals surface area contributed by atoms with Crippen LogP contribution < -0.4 is 15.0 Å². The highest BCUT2D eigenvalue weighted by atomic mass is 35.5. The Balaban J connectivity index is 1.88. The van der Waals surface area contributed by atoms with Crippen LogP contribution in [0.15, 0.2) is 36.4 Å². The number of methoxy groups -OCH3 is 1. The Morgan fingerprint density at radius 3 is 2.48 bits per heavy atom. The minimum atomic E-state index is -0.370. The third kappa shape index (κ3) is 3.57. The van der Waals surface area contributed by atoms with Gasteiger partial charge in [-0.3, -0.25) is 9.59 Å². The quantitative estimate of drug-likeness (QED) is 0.858. The van der Waals surface area contributed by atoms with Crippen molar-refractivity contribution in [2.45, 2.75) is 12.8 Å². The number of halogens is 2. The number of anilines is 2. The first kappa shape index (κ1) is 17.6. The number of carbonyl (C=O) groups is 2. The molecule has 2 amide bonds. The fourth-order valence-corrected chi connectivity index (χ4v) is 3.44. The van der Waals surface area contributed by atoms with E-state index in [1.807, 2.05) is 12.1 Å². The fraction of sp³-hybridized carbons (Fsp3) is 0.222. The lowest BCUT2D eigenvalue weighted by atomic mass is 10.2. The topological polar surface area (TPSA) is 58.6 Å². The largest absolute Gasteiger partial charge is 0.494 e. The van der Waals surface area contributed by atoms with Gasteiger partial charge < -0.3 is 15.0 Å². The summed E-state index contributed by atoms with van der Waals surface area (Å²) < 4.78 is 5.09. The predicted molar refractivity (Wildman–Crippen MR) is 99.0 cm³/mol. The van der Waals surface area contributed by atoms with Crippen LogP contribution in [0.1, 0.15) is 23.2 Å². The van der Waals surface area contributed by atoms with Crippen molar-refractivity contribution in [2.75, 3.05) is 23.9 Å². The van der Waals surface area contributed by atoms with Gasteiger partial charge in [0.05, 0.1) is 28.5 Å². The van der Waals surface area contributed by atoms with Crippen molar-refractivity contribution >= 4 is 46.4 Å². The standard InChI is InChI=1S/C18H16Cl2N2O3/c1-25-17-12(19)9-11(10-13(17)20)18(24)21-14-5-2-3-6-15(14)22-8-4-7-16(22)23/h2-3,5-6,9-10H,4,7-8H2,1H3,(H,21,24). The number of benzene rings is 2. The van der Waals surface area contributed by atoms with Crippen LogP contribution in [0.2, 0.25) is 10.0 Å². The molecular weight excluding hydrogens is 363 g/mol. The van der Waals surface area contributed by atoms with E-state index < -0.39 is 0 Å². The molecule has 2 aromatic rings. The molecule has 0 bridgehead atoms. The van der Waals surface area contributed by atoms with Crippen LogP contribution in [0, 0.1) is 0 Å². The molecule has 25 heavy (non-hydrogen) atoms. The van der Waals surface area contributed by atoms with Crippen molar-refractivity contribution in [1.82, 2.24) is 0 Å². The van der Waals surface area contributed by atoms with Crippen LogP contribution in [-0.2, 0) is 4.79 Å². The molecule has 0 aromatic heterocycles. The van der Waals surface area contributed by atoms with Crippen molar-refractivity contribution in [1.29, 1.82) is 0 Å². The Kier molecular flexibility index (Phi) is 5.16. The van der Waals surface area contributed by atoms with Crippen LogP contribution in [0.4, 0.5) is 11.4 Å². The van der Waals surface area contributed by atoms with Crippen LogP contribution in [0.3, 0.4) is 0 Å². The van der Waals surface area contributed by atoms with Crippen molar-refractivity contribution in [3.63, 3.8) is 0 Å². The van der Waals surface area contributed by atoms with Gasteiger partial charge in [-0.05, 0) is 30.7 Å². The predicted octanol–water partition coefficient (Wildman–Crippen LogP) is 4.38. The molecular formula is C18H16Cl2N2O3. The lowest BCUT2D eigenvalue weighted by molar-refractivity contribution is -0.117. The van der Waals surface area contributed by atoms with Crippen molar-refractivity contribution in [3.05, 3.63) is 52.0 Å². The Labute approximate surface area is 155 Å². The highest BCUT2D eigenvalue weighted by Crippen LogP contribution is 2.35. The van der Waals surface area contributed by atoms with Gasteiger partial charge >= 0.3 is 0 Å². The normalized spacial score (nSPS) is 13.9. The Morgan fingerprint density at radius 2 is 1.88 bits per heavy atom. The number of carbonyl (C=O) groups excluding carboxylic acids is 2. The van der Waals surface area contributed by atoms with E-state index in [2.05, 4.69) is 5.32 Å². The van der Waals surface area contributed by atoms with Crippen LogP contribution in [0.5, 0.6) is 5.75 Å². The van der Waals surface area contributed by atoms with Gasteiger partial charge in [0.25, 0.3) is 5.91 Å². The maximum atomic E-state index is 12.6. The van der Waals surface area contributed by atoms with Crippen molar-refractivity contribution in [2.24, 2.45) is 0 Å². The summed E-state index contributed by atoms with van der Waals surface area (Å²) >= 11 is 12.2. The molecule has 0 spiro atoms. The summed E-state index contributed by atoms with van der Waals surface area (Å²) in [5.41, 5.74) is 1.55. The van der Waals surface area contributed by atoms with E-state index in [1.54, 1.807) is 17.0 Å². The first-order valence-corrected chi connectivity index (χ1v) is 8.50. The number of nitrogens with one attached hydrogen (secondary N) is 1. The van der Waals surface area contributed by atoms with Gasteiger partial charge in [-0.25, -0.2) is 0 Å². The first-order chi connectivity index (χ1) is 12.0. The minimum Gasteiger partial charge on any atom is -0.494 e. The maximum absolute atomic E-state index is 12.6. The number of ether oxygens (including phenoxy) is 1. The second-order valence-electron chi connectivity index (χ2n) is 5.59. The summed E-state index contributed by atoms with van der Waals surface area (Å²) in [6.07, 6.45) is 1.33. The van der Waals surface area contributed by atoms with E-state index in [0.29, 0.717) is 35.7 Å². The Morgan fingerprint density at radius 1 is 1.20 bits per heavy atom. The summed E-state index contributed by atoms with van der Waals surface area (Å²) in [6.45, 7) is 0.645. The molecule has 1 aliphatic rings. The SMILES string of the molecule is COc1c(Cl)cc(C(=O)Nc2ccccc2N2CCCC2=O)cc1Cl. The number of amides is 2. The van der Waals surface area contributed by atoms with E-state index in [-0.39, 0.29) is 21.9 Å². The average molecular weight is 379 g/mol. The summed E-state index contributed by atoms with van der Waals surface area (Å²) in [5.74, 6) is 0.00531. The zero-order chi connectivity index (χ0) is 18.0. The minimum absolute atomic E-state index is 0.0530. The molecule has 2 aromatic carbocycles. The van der Waals surface area contributed by atoms with Gasteiger partial charge in [0.1, 0.15) is 0 Å². The van der Waals surface area contributed by atoms with Crippen molar-refractivity contribution in [3.8, 4) is 5.75 Å². The molecule has 1 fully saturated rings. The number of hydrogen-bond donors (Lipinski definition) is 1. The molecule has 7 heteroatoms. The second-order valence-corrected chi connectivity index (χ2v) is 6.41. The summed E-state index contributed by atoms with van der Waals surface area (Å²) in [6, 6.07) is 10.2. The van der Waals surface area contributed by atoms with E-state index in [9.17, 15) is 9.59 Å².